The molecule has 1 aromatic rings. The fourth-order valence-corrected chi connectivity index (χ4v) is 2.13. The Morgan fingerprint density at radius 2 is 2.16 bits per heavy atom. The molecule has 1 saturated carbocycles. The molecule has 0 heterocycles. The van der Waals surface area contributed by atoms with Crippen LogP contribution < -0.4 is 10.6 Å². The molecule has 0 aromatic heterocycles. The minimum atomic E-state index is -0.460. The Balaban J connectivity index is 1.85. The highest BCUT2D eigenvalue weighted by molar-refractivity contribution is 6.33. The van der Waals surface area contributed by atoms with E-state index in [1.165, 1.54) is 18.9 Å². The lowest BCUT2D eigenvalue weighted by Crippen LogP contribution is -2.20. The van der Waals surface area contributed by atoms with E-state index >= 15 is 0 Å². The monoisotopic (exact) mass is 283 g/mol. The molecule has 1 aliphatic rings. The van der Waals surface area contributed by atoms with Gasteiger partial charge < -0.3 is 10.6 Å². The Hall–Kier alpha value is -1.33. The van der Waals surface area contributed by atoms with Gasteiger partial charge in [0.05, 0.1) is 4.92 Å². The van der Waals surface area contributed by atoms with Gasteiger partial charge in [0, 0.05) is 24.3 Å². The van der Waals surface area contributed by atoms with Gasteiger partial charge in [-0.3, -0.25) is 10.1 Å². The third-order valence-electron chi connectivity index (χ3n) is 3.17. The fraction of sp³-hybridized carbons (Fsp3) is 0.538. The molecule has 104 valence electrons. The summed E-state index contributed by atoms with van der Waals surface area (Å²) in [5.74, 6) is 0. The Labute approximate surface area is 117 Å². The van der Waals surface area contributed by atoms with Crippen LogP contribution >= 0.6 is 11.6 Å². The number of nitrogens with one attached hydrogen (secondary N) is 2. The van der Waals surface area contributed by atoms with Crippen LogP contribution in [0.3, 0.4) is 0 Å². The van der Waals surface area contributed by atoms with E-state index < -0.39 is 4.92 Å². The molecular weight excluding hydrogens is 266 g/mol. The van der Waals surface area contributed by atoms with Gasteiger partial charge in [0.15, 0.2) is 0 Å². The molecule has 0 spiro atoms. The summed E-state index contributed by atoms with van der Waals surface area (Å²) in [5.41, 5.74) is 1.66. The Kier molecular flexibility index (Phi) is 4.61. The van der Waals surface area contributed by atoms with Gasteiger partial charge >= 0.3 is 0 Å². The van der Waals surface area contributed by atoms with Crippen LogP contribution in [0.5, 0.6) is 0 Å². The number of nitro groups is 1. The van der Waals surface area contributed by atoms with Gasteiger partial charge in [-0.05, 0) is 44.4 Å². The molecule has 0 atom stereocenters. The molecule has 2 N–H and O–H groups in total. The maximum Gasteiger partial charge on any atom is 0.288 e. The summed E-state index contributed by atoms with van der Waals surface area (Å²) in [7, 11) is 0. The molecule has 1 fully saturated rings. The number of benzene rings is 1. The Bertz CT molecular complexity index is 475. The second-order valence-electron chi connectivity index (χ2n) is 4.88. The Morgan fingerprint density at radius 3 is 2.79 bits per heavy atom. The summed E-state index contributed by atoms with van der Waals surface area (Å²) in [6, 6.07) is 3.87. The maximum atomic E-state index is 10.7. The van der Waals surface area contributed by atoms with Crippen molar-refractivity contribution in [1.82, 2.24) is 5.32 Å². The first-order chi connectivity index (χ1) is 9.08. The highest BCUT2D eigenvalue weighted by atomic mass is 35.5. The highest BCUT2D eigenvalue weighted by Gasteiger charge is 2.19. The molecule has 1 aliphatic carbocycles. The molecule has 0 radical (unpaired) electrons. The predicted molar refractivity (Wildman–Crippen MR) is 77.0 cm³/mol. The van der Waals surface area contributed by atoms with E-state index in [4.69, 9.17) is 11.6 Å². The van der Waals surface area contributed by atoms with Crippen LogP contribution in [0.4, 0.5) is 11.4 Å². The molecule has 0 unspecified atom stereocenters. The van der Waals surface area contributed by atoms with Crippen molar-refractivity contribution in [3.05, 3.63) is 32.8 Å². The normalized spacial score (nSPS) is 14.4. The lowest BCUT2D eigenvalue weighted by molar-refractivity contribution is -0.384. The third-order valence-corrected chi connectivity index (χ3v) is 3.47. The summed E-state index contributed by atoms with van der Waals surface area (Å²) < 4.78 is 0. The zero-order chi connectivity index (χ0) is 13.8. The zero-order valence-electron chi connectivity index (χ0n) is 10.9. The van der Waals surface area contributed by atoms with E-state index in [0.29, 0.717) is 0 Å². The van der Waals surface area contributed by atoms with Gasteiger partial charge in [-0.25, -0.2) is 0 Å². The van der Waals surface area contributed by atoms with Gasteiger partial charge in [0.25, 0.3) is 5.69 Å². The molecule has 1 aromatic carbocycles. The van der Waals surface area contributed by atoms with E-state index in [0.717, 1.165) is 36.8 Å². The average molecular weight is 284 g/mol. The number of rotatable bonds is 7. The maximum absolute atomic E-state index is 10.7. The fourth-order valence-electron chi connectivity index (χ4n) is 1.90. The van der Waals surface area contributed by atoms with Crippen molar-refractivity contribution in [2.24, 2.45) is 0 Å². The van der Waals surface area contributed by atoms with Crippen LogP contribution in [0.15, 0.2) is 12.1 Å². The van der Waals surface area contributed by atoms with Crippen molar-refractivity contribution in [3.8, 4) is 0 Å². The number of halogens is 1. The summed E-state index contributed by atoms with van der Waals surface area (Å²) in [4.78, 5) is 10.3. The molecular formula is C13H18ClN3O2. The number of nitrogens with zero attached hydrogens (tertiary/aromatic N) is 1. The topological polar surface area (TPSA) is 67.2 Å². The molecule has 0 saturated heterocycles. The second kappa shape index (κ2) is 6.21. The van der Waals surface area contributed by atoms with E-state index in [-0.39, 0.29) is 10.7 Å². The zero-order valence-corrected chi connectivity index (χ0v) is 11.7. The molecule has 0 bridgehead atoms. The standard InChI is InChI=1S/C13H18ClN3O2/c1-9-7-13(17(18)19)11(14)8-12(9)16-6-2-5-15-10-3-4-10/h7-8,10,15-16H,2-6H2,1H3. The van der Waals surface area contributed by atoms with Crippen molar-refractivity contribution >= 4 is 23.0 Å². The van der Waals surface area contributed by atoms with Crippen LogP contribution in [0, 0.1) is 17.0 Å². The van der Waals surface area contributed by atoms with Gasteiger partial charge in [-0.2, -0.15) is 0 Å². The molecule has 19 heavy (non-hydrogen) atoms. The summed E-state index contributed by atoms with van der Waals surface area (Å²) in [6.07, 6.45) is 3.61. The summed E-state index contributed by atoms with van der Waals surface area (Å²) in [5, 5.41) is 17.6. The van der Waals surface area contributed by atoms with Crippen LogP contribution in [0.25, 0.3) is 0 Å². The Morgan fingerprint density at radius 1 is 1.42 bits per heavy atom. The number of nitro benzene ring substituents is 1. The SMILES string of the molecule is Cc1cc([N+](=O)[O-])c(Cl)cc1NCCCNC1CC1. The number of aryl methyl sites for hydroxylation is 1. The average Bonchev–Trinajstić information content (AvgIpc) is 3.16. The van der Waals surface area contributed by atoms with Crippen LogP contribution in [0.2, 0.25) is 5.02 Å². The largest absolute Gasteiger partial charge is 0.385 e. The van der Waals surface area contributed by atoms with Crippen molar-refractivity contribution in [1.29, 1.82) is 0 Å². The van der Waals surface area contributed by atoms with Crippen LogP contribution in [-0.2, 0) is 0 Å². The van der Waals surface area contributed by atoms with Crippen LogP contribution in [0.1, 0.15) is 24.8 Å². The van der Waals surface area contributed by atoms with Crippen LogP contribution in [-0.4, -0.2) is 24.1 Å². The van der Waals surface area contributed by atoms with E-state index in [9.17, 15) is 10.1 Å². The number of hydrogen-bond donors (Lipinski definition) is 2. The lowest BCUT2D eigenvalue weighted by Gasteiger charge is -2.10. The van der Waals surface area contributed by atoms with Gasteiger partial charge in [0.1, 0.15) is 5.02 Å². The predicted octanol–water partition coefficient (Wildman–Crippen LogP) is 3.11. The van der Waals surface area contributed by atoms with E-state index in [1.54, 1.807) is 6.07 Å². The first kappa shape index (κ1) is 14.1. The molecule has 0 amide bonds. The molecule has 6 heteroatoms. The van der Waals surface area contributed by atoms with Crippen molar-refractivity contribution in [2.45, 2.75) is 32.2 Å². The van der Waals surface area contributed by atoms with Gasteiger partial charge in [-0.15, -0.1) is 0 Å². The second-order valence-corrected chi connectivity index (χ2v) is 5.29. The van der Waals surface area contributed by atoms with Crippen molar-refractivity contribution in [2.75, 3.05) is 18.4 Å². The number of anilines is 1. The minimum Gasteiger partial charge on any atom is -0.385 e. The summed E-state index contributed by atoms with van der Waals surface area (Å²) >= 11 is 5.89. The van der Waals surface area contributed by atoms with E-state index in [2.05, 4.69) is 10.6 Å². The highest BCUT2D eigenvalue weighted by Crippen LogP contribution is 2.30. The first-order valence-electron chi connectivity index (χ1n) is 6.49. The third kappa shape index (κ3) is 4.08. The molecule has 0 aliphatic heterocycles. The number of hydrogen-bond acceptors (Lipinski definition) is 4. The quantitative estimate of drug-likeness (QED) is 0.458. The first-order valence-corrected chi connectivity index (χ1v) is 6.87. The van der Waals surface area contributed by atoms with Gasteiger partial charge in [-0.1, -0.05) is 11.6 Å². The van der Waals surface area contributed by atoms with Gasteiger partial charge in [0.2, 0.25) is 0 Å². The molecule has 2 rings (SSSR count). The van der Waals surface area contributed by atoms with Crippen molar-refractivity contribution < 1.29 is 4.92 Å². The summed E-state index contributed by atoms with van der Waals surface area (Å²) in [6.45, 7) is 3.67. The van der Waals surface area contributed by atoms with Crippen molar-refractivity contribution in [3.63, 3.8) is 0 Å². The smallest absolute Gasteiger partial charge is 0.288 e. The van der Waals surface area contributed by atoms with E-state index in [1.807, 2.05) is 6.92 Å². The lowest BCUT2D eigenvalue weighted by atomic mass is 10.1. The minimum absolute atomic E-state index is 0.0416. The molecule has 5 nitrogen and oxygen atoms in total.